The van der Waals surface area contributed by atoms with E-state index in [2.05, 4.69) is 10.3 Å². The van der Waals surface area contributed by atoms with E-state index in [0.717, 1.165) is 11.1 Å². The minimum absolute atomic E-state index is 0.0463. The molecule has 0 saturated heterocycles. The summed E-state index contributed by atoms with van der Waals surface area (Å²) in [5, 5.41) is 12.7. The van der Waals surface area contributed by atoms with Gasteiger partial charge in [-0.2, -0.15) is 0 Å². The van der Waals surface area contributed by atoms with Crippen LogP contribution in [0.15, 0.2) is 59.7 Å². The number of aliphatic hydroxyl groups is 1. The highest BCUT2D eigenvalue weighted by molar-refractivity contribution is 5.93. The molecule has 128 valence electrons. The molecule has 2 heterocycles. The number of nitrogens with zero attached hydrogens (tertiary/aromatic N) is 2. The van der Waals surface area contributed by atoms with Crippen LogP contribution in [0.1, 0.15) is 21.5 Å². The maximum Gasteiger partial charge on any atom is 0.270 e. The van der Waals surface area contributed by atoms with Crippen LogP contribution in [-0.2, 0) is 6.42 Å². The Morgan fingerprint density at radius 2 is 2.00 bits per heavy atom. The topological polar surface area (TPSA) is 83.7 Å². The van der Waals surface area contributed by atoms with Crippen LogP contribution in [0.4, 0.5) is 0 Å². The fourth-order valence-electron chi connectivity index (χ4n) is 2.60. The molecule has 1 amide bonds. The van der Waals surface area contributed by atoms with Crippen molar-refractivity contribution in [1.29, 1.82) is 0 Å². The van der Waals surface area contributed by atoms with Gasteiger partial charge in [0.25, 0.3) is 11.5 Å². The number of carbonyl (C=O) groups excluding carboxylic acids is 1. The van der Waals surface area contributed by atoms with Crippen molar-refractivity contribution in [3.05, 3.63) is 81.9 Å². The summed E-state index contributed by atoms with van der Waals surface area (Å²) < 4.78 is 1.35. The molecule has 2 N–H and O–H groups in total. The minimum atomic E-state index is -0.732. The Morgan fingerprint density at radius 3 is 2.76 bits per heavy atom. The molecule has 25 heavy (non-hydrogen) atoms. The van der Waals surface area contributed by atoms with Crippen LogP contribution in [0.2, 0.25) is 0 Å². The molecule has 0 saturated carbocycles. The standard InChI is InChI=1S/C19H19N3O3/c1-13-7-8-17-20-11-16(19(25)22(17)12-13)18(24)21-10-15(23)9-14-5-3-2-4-6-14/h2-8,11-12,15,23H,9-10H2,1H3,(H,21,24). The molecule has 0 aliphatic rings. The highest BCUT2D eigenvalue weighted by atomic mass is 16.3. The lowest BCUT2D eigenvalue weighted by atomic mass is 10.1. The lowest BCUT2D eigenvalue weighted by molar-refractivity contribution is 0.0914. The van der Waals surface area contributed by atoms with Crippen LogP contribution >= 0.6 is 0 Å². The number of hydrogen-bond acceptors (Lipinski definition) is 4. The number of amides is 1. The van der Waals surface area contributed by atoms with Crippen molar-refractivity contribution in [2.75, 3.05) is 6.54 Å². The fraction of sp³-hybridized carbons (Fsp3) is 0.211. The van der Waals surface area contributed by atoms with Gasteiger partial charge in [0.2, 0.25) is 0 Å². The van der Waals surface area contributed by atoms with Gasteiger partial charge in [-0.25, -0.2) is 4.98 Å². The van der Waals surface area contributed by atoms with Crippen molar-refractivity contribution in [2.45, 2.75) is 19.4 Å². The lowest BCUT2D eigenvalue weighted by Crippen LogP contribution is -2.36. The predicted molar refractivity (Wildman–Crippen MR) is 94.7 cm³/mol. The summed E-state index contributed by atoms with van der Waals surface area (Å²) in [6.45, 7) is 1.92. The van der Waals surface area contributed by atoms with Gasteiger partial charge in [-0.15, -0.1) is 0 Å². The second kappa shape index (κ2) is 7.27. The van der Waals surface area contributed by atoms with E-state index >= 15 is 0 Å². The smallest absolute Gasteiger partial charge is 0.270 e. The van der Waals surface area contributed by atoms with E-state index in [1.165, 1.54) is 10.6 Å². The Hall–Kier alpha value is -2.99. The third-order valence-electron chi connectivity index (χ3n) is 3.91. The van der Waals surface area contributed by atoms with E-state index in [-0.39, 0.29) is 12.1 Å². The van der Waals surface area contributed by atoms with Crippen molar-refractivity contribution >= 4 is 11.6 Å². The number of hydrogen-bond donors (Lipinski definition) is 2. The van der Waals surface area contributed by atoms with Gasteiger partial charge in [0, 0.05) is 25.4 Å². The fourth-order valence-corrected chi connectivity index (χ4v) is 2.60. The molecule has 0 bridgehead atoms. The van der Waals surface area contributed by atoms with Gasteiger partial charge in [-0.05, 0) is 24.1 Å². The van der Waals surface area contributed by atoms with Gasteiger partial charge in [0.15, 0.2) is 0 Å². The van der Waals surface area contributed by atoms with E-state index in [9.17, 15) is 14.7 Å². The van der Waals surface area contributed by atoms with Crippen molar-refractivity contribution in [1.82, 2.24) is 14.7 Å². The number of aryl methyl sites for hydroxylation is 1. The molecule has 1 aromatic carbocycles. The second-order valence-corrected chi connectivity index (χ2v) is 5.97. The molecule has 6 heteroatoms. The molecule has 0 spiro atoms. The predicted octanol–water partition coefficient (Wildman–Crippen LogP) is 1.34. The van der Waals surface area contributed by atoms with Gasteiger partial charge in [-0.1, -0.05) is 36.4 Å². The van der Waals surface area contributed by atoms with Crippen LogP contribution in [-0.4, -0.2) is 33.0 Å². The van der Waals surface area contributed by atoms with Crippen molar-refractivity contribution in [3.8, 4) is 0 Å². The number of aromatic nitrogens is 2. The summed E-state index contributed by atoms with van der Waals surface area (Å²) in [6.07, 6.45) is 2.61. The number of aliphatic hydroxyl groups excluding tert-OH is 1. The zero-order valence-electron chi connectivity index (χ0n) is 13.8. The molecule has 6 nitrogen and oxygen atoms in total. The monoisotopic (exact) mass is 337 g/mol. The lowest BCUT2D eigenvalue weighted by Gasteiger charge is -2.12. The first-order chi connectivity index (χ1) is 12.0. The van der Waals surface area contributed by atoms with Crippen LogP contribution < -0.4 is 10.9 Å². The molecule has 0 aliphatic carbocycles. The Labute approximate surface area is 144 Å². The van der Waals surface area contributed by atoms with Crippen LogP contribution in [0, 0.1) is 6.92 Å². The first kappa shape index (κ1) is 16.9. The van der Waals surface area contributed by atoms with E-state index < -0.39 is 17.6 Å². The molecule has 1 atom stereocenters. The molecule has 3 rings (SSSR count). The zero-order valence-corrected chi connectivity index (χ0v) is 13.8. The minimum Gasteiger partial charge on any atom is -0.391 e. The van der Waals surface area contributed by atoms with E-state index in [4.69, 9.17) is 0 Å². The maximum atomic E-state index is 12.5. The second-order valence-electron chi connectivity index (χ2n) is 5.97. The Bertz CT molecular complexity index is 951. The highest BCUT2D eigenvalue weighted by Gasteiger charge is 2.15. The van der Waals surface area contributed by atoms with E-state index in [1.807, 2.05) is 43.3 Å². The summed E-state index contributed by atoms with van der Waals surface area (Å²) in [5.41, 5.74) is 1.88. The van der Waals surface area contributed by atoms with Gasteiger partial charge >= 0.3 is 0 Å². The third-order valence-corrected chi connectivity index (χ3v) is 3.91. The van der Waals surface area contributed by atoms with Gasteiger partial charge in [0.1, 0.15) is 11.2 Å². The molecule has 1 unspecified atom stereocenters. The molecule has 0 radical (unpaired) electrons. The van der Waals surface area contributed by atoms with Crippen LogP contribution in [0.5, 0.6) is 0 Å². The number of pyridine rings is 1. The van der Waals surface area contributed by atoms with Gasteiger partial charge < -0.3 is 10.4 Å². The molecule has 2 aromatic heterocycles. The van der Waals surface area contributed by atoms with E-state index in [0.29, 0.717) is 12.1 Å². The van der Waals surface area contributed by atoms with E-state index in [1.54, 1.807) is 12.3 Å². The van der Waals surface area contributed by atoms with Gasteiger partial charge in [0.05, 0.1) is 6.10 Å². The van der Waals surface area contributed by atoms with Crippen molar-refractivity contribution < 1.29 is 9.90 Å². The number of benzene rings is 1. The maximum absolute atomic E-state index is 12.5. The number of carbonyl (C=O) groups is 1. The van der Waals surface area contributed by atoms with Gasteiger partial charge in [-0.3, -0.25) is 14.0 Å². The number of nitrogens with one attached hydrogen (secondary N) is 1. The highest BCUT2D eigenvalue weighted by Crippen LogP contribution is 2.04. The molecular formula is C19H19N3O3. The normalized spacial score (nSPS) is 12.1. The summed E-state index contributed by atoms with van der Waals surface area (Å²) in [5.74, 6) is -0.541. The molecular weight excluding hydrogens is 318 g/mol. The largest absolute Gasteiger partial charge is 0.391 e. The third kappa shape index (κ3) is 3.92. The Balaban J connectivity index is 1.70. The average Bonchev–Trinajstić information content (AvgIpc) is 2.61. The molecule has 0 aliphatic heterocycles. The molecule has 0 fully saturated rings. The van der Waals surface area contributed by atoms with Crippen LogP contribution in [0.25, 0.3) is 5.65 Å². The first-order valence-corrected chi connectivity index (χ1v) is 8.03. The Kier molecular flexibility index (Phi) is 4.90. The number of fused-ring (bicyclic) bond motifs is 1. The quantitative estimate of drug-likeness (QED) is 0.736. The first-order valence-electron chi connectivity index (χ1n) is 8.03. The number of rotatable bonds is 5. The van der Waals surface area contributed by atoms with Crippen molar-refractivity contribution in [3.63, 3.8) is 0 Å². The van der Waals surface area contributed by atoms with Crippen LogP contribution in [0.3, 0.4) is 0 Å². The SMILES string of the molecule is Cc1ccc2ncc(C(=O)NCC(O)Cc3ccccc3)c(=O)n2c1. The summed E-state index contributed by atoms with van der Waals surface area (Å²) >= 11 is 0. The summed E-state index contributed by atoms with van der Waals surface area (Å²) in [6, 6.07) is 13.1. The Morgan fingerprint density at radius 1 is 1.24 bits per heavy atom. The summed E-state index contributed by atoms with van der Waals surface area (Å²) in [4.78, 5) is 28.9. The zero-order chi connectivity index (χ0) is 17.8. The average molecular weight is 337 g/mol. The summed E-state index contributed by atoms with van der Waals surface area (Å²) in [7, 11) is 0. The van der Waals surface area contributed by atoms with Crippen molar-refractivity contribution in [2.24, 2.45) is 0 Å². The molecule has 3 aromatic rings.